The summed E-state index contributed by atoms with van der Waals surface area (Å²) in [4.78, 5) is 56.0. The predicted octanol–water partition coefficient (Wildman–Crippen LogP) is 14.8. The summed E-state index contributed by atoms with van der Waals surface area (Å²) in [5.74, 6) is 2.16. The molecule has 0 unspecified atom stereocenters. The van der Waals surface area contributed by atoms with Gasteiger partial charge in [0.1, 0.15) is 0 Å². The molecule has 1 N–H and O–H groups in total. The maximum atomic E-state index is 13.4. The summed E-state index contributed by atoms with van der Waals surface area (Å²) in [6, 6.07) is 0. The van der Waals surface area contributed by atoms with Crippen LogP contribution in [0.25, 0.3) is 0 Å². The lowest BCUT2D eigenvalue weighted by Gasteiger charge is -2.29. The summed E-state index contributed by atoms with van der Waals surface area (Å²) in [6.45, 7) is 12.1. The Morgan fingerprint density at radius 3 is 0.847 bits per heavy atom. The monoisotopic (exact) mass is 1010 g/mol. The van der Waals surface area contributed by atoms with Gasteiger partial charge < -0.3 is 29.0 Å². The van der Waals surface area contributed by atoms with E-state index in [0.717, 1.165) is 165 Å². The highest BCUT2D eigenvalue weighted by molar-refractivity contribution is 5.74. The van der Waals surface area contributed by atoms with Crippen LogP contribution in [0, 0.1) is 59.2 Å². The van der Waals surface area contributed by atoms with E-state index < -0.39 is 0 Å². The molecule has 4 fully saturated rings. The molecule has 10 nitrogen and oxygen atoms in total. The van der Waals surface area contributed by atoms with E-state index in [0.29, 0.717) is 6.54 Å². The van der Waals surface area contributed by atoms with E-state index >= 15 is 0 Å². The molecule has 0 radical (unpaired) electrons. The number of unbranched alkanes of at least 4 members (excludes halogenated alkanes) is 8. The van der Waals surface area contributed by atoms with Crippen molar-refractivity contribution >= 4 is 23.9 Å². The first-order valence-electron chi connectivity index (χ1n) is 31.2. The van der Waals surface area contributed by atoms with E-state index in [4.69, 9.17) is 18.9 Å². The van der Waals surface area contributed by atoms with Crippen LogP contribution in [0.5, 0.6) is 0 Å². The molecule has 10 heteroatoms. The fraction of sp³-hybridized carbons (Fsp3) is 0.935. The molecule has 0 heterocycles. The van der Waals surface area contributed by atoms with E-state index in [1.165, 1.54) is 103 Å². The summed E-state index contributed by atoms with van der Waals surface area (Å²) in [6.07, 6.45) is 39.4. The molecule has 4 rings (SSSR count). The molecule has 0 amide bonds. The third kappa shape index (κ3) is 25.6. The Hall–Kier alpha value is -2.20. The Kier molecular flexibility index (Phi) is 33.2. The molecule has 0 aromatic heterocycles. The van der Waals surface area contributed by atoms with Gasteiger partial charge in [-0.1, -0.05) is 130 Å². The van der Waals surface area contributed by atoms with Gasteiger partial charge in [0, 0.05) is 18.4 Å². The summed E-state index contributed by atoms with van der Waals surface area (Å²) in [5.41, 5.74) is 0. The number of nitrogens with zero attached hydrogens (tertiary/aromatic N) is 1. The van der Waals surface area contributed by atoms with Crippen LogP contribution in [0.15, 0.2) is 0 Å². The number of carbonyl (C=O) groups is 4. The molecule has 4 aliphatic carbocycles. The summed E-state index contributed by atoms with van der Waals surface area (Å²) >= 11 is 0. The quantitative estimate of drug-likeness (QED) is 0.0363. The first kappa shape index (κ1) is 62.3. The first-order valence-corrected chi connectivity index (χ1v) is 31.2. The Bertz CT molecular complexity index is 1210. The van der Waals surface area contributed by atoms with Gasteiger partial charge in [0.15, 0.2) is 0 Å². The second kappa shape index (κ2) is 38.4. The van der Waals surface area contributed by atoms with Gasteiger partial charge in [-0.2, -0.15) is 0 Å². The minimum absolute atomic E-state index is 0.0423. The lowest BCUT2D eigenvalue weighted by atomic mass is 9.80. The minimum atomic E-state index is -0.0945. The molecule has 0 aromatic carbocycles. The molecule has 0 spiro atoms. The van der Waals surface area contributed by atoms with E-state index in [9.17, 15) is 24.3 Å². The van der Waals surface area contributed by atoms with Crippen molar-refractivity contribution in [2.24, 2.45) is 59.2 Å². The van der Waals surface area contributed by atoms with Gasteiger partial charge in [-0.25, -0.2) is 0 Å². The van der Waals surface area contributed by atoms with Gasteiger partial charge >= 0.3 is 23.9 Å². The molecule has 72 heavy (non-hydrogen) atoms. The van der Waals surface area contributed by atoms with Crippen molar-refractivity contribution < 1.29 is 43.2 Å². The van der Waals surface area contributed by atoms with Crippen molar-refractivity contribution in [3.8, 4) is 0 Å². The molecule has 0 aromatic rings. The van der Waals surface area contributed by atoms with Crippen LogP contribution in [-0.2, 0) is 38.1 Å². The average Bonchev–Trinajstić information content (AvgIpc) is 3.40. The number of aliphatic hydroxyl groups is 1. The van der Waals surface area contributed by atoms with Crippen molar-refractivity contribution in [3.63, 3.8) is 0 Å². The standard InChI is InChI=1S/C62H111NO9/c1-5-9-13-19-49-25-33-55(34-26-49)59(65)69-45-53(46-70-60(66)56-35-27-50(28-36-56)20-14-10-6-2)23-17-41-63(43-44-64)42-18-24-54(47-71-61(67)57-37-29-51(30-38-57)21-15-11-7-3)48-72-62(68)58-39-31-52(32-40-58)22-16-12-8-4/h49-58,64H,5-48H2,1-4H3. The predicted molar refractivity (Wildman–Crippen MR) is 291 cm³/mol. The van der Waals surface area contributed by atoms with Crippen LogP contribution in [0.1, 0.15) is 259 Å². The molecule has 0 atom stereocenters. The largest absolute Gasteiger partial charge is 0.465 e. The van der Waals surface area contributed by atoms with E-state index in [1.807, 2.05) is 0 Å². The maximum absolute atomic E-state index is 13.4. The van der Waals surface area contributed by atoms with Crippen molar-refractivity contribution in [1.29, 1.82) is 0 Å². The fourth-order valence-corrected chi connectivity index (χ4v) is 12.9. The Morgan fingerprint density at radius 1 is 0.375 bits per heavy atom. The first-order chi connectivity index (χ1) is 35.2. The topological polar surface area (TPSA) is 129 Å². The van der Waals surface area contributed by atoms with E-state index in [1.54, 1.807) is 0 Å². The lowest BCUT2D eigenvalue weighted by molar-refractivity contribution is -0.157. The summed E-state index contributed by atoms with van der Waals surface area (Å²) in [7, 11) is 0. The molecular formula is C62H111NO9. The number of rotatable bonds is 38. The molecule has 4 aliphatic rings. The summed E-state index contributed by atoms with van der Waals surface area (Å²) in [5, 5.41) is 10.1. The molecule has 0 bridgehead atoms. The van der Waals surface area contributed by atoms with E-state index in [2.05, 4.69) is 32.6 Å². The number of hydrogen-bond donors (Lipinski definition) is 1. The second-order valence-electron chi connectivity index (χ2n) is 24.0. The lowest BCUT2D eigenvalue weighted by Crippen LogP contribution is -2.32. The van der Waals surface area contributed by atoms with Crippen molar-refractivity contribution in [2.75, 3.05) is 52.7 Å². The van der Waals surface area contributed by atoms with Crippen molar-refractivity contribution in [3.05, 3.63) is 0 Å². The number of esters is 4. The SMILES string of the molecule is CCCCCC1CCC(C(=O)OCC(CCCN(CCO)CCCC(COC(=O)C2CCC(CCCCC)CC2)COC(=O)C2CCC(CCCCC)CC2)COC(=O)C2CCC(CCCCC)CC2)CC1. The molecule has 4 saturated carbocycles. The van der Waals surface area contributed by atoms with Crippen LogP contribution in [0.3, 0.4) is 0 Å². The number of aliphatic hydroxyl groups excluding tert-OH is 1. The van der Waals surface area contributed by atoms with Crippen LogP contribution in [0.4, 0.5) is 0 Å². The van der Waals surface area contributed by atoms with E-state index in [-0.39, 0.29) is 92.4 Å². The Labute approximate surface area is 441 Å². The zero-order valence-electron chi connectivity index (χ0n) is 47.0. The van der Waals surface area contributed by atoms with Gasteiger partial charge in [0.05, 0.1) is 56.7 Å². The zero-order valence-corrected chi connectivity index (χ0v) is 47.0. The fourth-order valence-electron chi connectivity index (χ4n) is 12.9. The van der Waals surface area contributed by atoms with Gasteiger partial charge in [0.25, 0.3) is 0 Å². The zero-order chi connectivity index (χ0) is 51.6. The highest BCUT2D eigenvalue weighted by Crippen LogP contribution is 2.36. The molecular weight excluding hydrogens is 903 g/mol. The van der Waals surface area contributed by atoms with Crippen molar-refractivity contribution in [2.45, 2.75) is 259 Å². The van der Waals surface area contributed by atoms with Gasteiger partial charge in [-0.15, -0.1) is 0 Å². The number of carbonyl (C=O) groups excluding carboxylic acids is 4. The van der Waals surface area contributed by atoms with Crippen LogP contribution < -0.4 is 0 Å². The maximum Gasteiger partial charge on any atom is 0.308 e. The third-order valence-corrected chi connectivity index (χ3v) is 18.0. The normalized spacial score (nSPS) is 25.6. The molecule has 0 saturated heterocycles. The summed E-state index contributed by atoms with van der Waals surface area (Å²) < 4.78 is 24.2. The highest BCUT2D eigenvalue weighted by atomic mass is 16.6. The van der Waals surface area contributed by atoms with Crippen LogP contribution in [0.2, 0.25) is 0 Å². The van der Waals surface area contributed by atoms with Gasteiger partial charge in [-0.05, 0) is 165 Å². The van der Waals surface area contributed by atoms with Crippen LogP contribution >= 0.6 is 0 Å². The van der Waals surface area contributed by atoms with Gasteiger partial charge in [0.2, 0.25) is 0 Å². The molecule has 0 aliphatic heterocycles. The molecule has 418 valence electrons. The number of ether oxygens (including phenoxy) is 4. The van der Waals surface area contributed by atoms with Crippen LogP contribution in [-0.4, -0.2) is 86.6 Å². The number of hydrogen-bond acceptors (Lipinski definition) is 10. The smallest absolute Gasteiger partial charge is 0.308 e. The Morgan fingerprint density at radius 2 is 0.625 bits per heavy atom. The van der Waals surface area contributed by atoms with Crippen molar-refractivity contribution in [1.82, 2.24) is 4.90 Å². The average molecular weight is 1010 g/mol. The third-order valence-electron chi connectivity index (χ3n) is 18.0. The van der Waals surface area contributed by atoms with Gasteiger partial charge in [-0.3, -0.25) is 19.2 Å². The highest BCUT2D eigenvalue weighted by Gasteiger charge is 2.32. The Balaban J connectivity index is 1.29. The minimum Gasteiger partial charge on any atom is -0.465 e. The second-order valence-corrected chi connectivity index (χ2v) is 24.0.